The lowest BCUT2D eigenvalue weighted by atomic mass is 10.1. The van der Waals surface area contributed by atoms with Crippen molar-refractivity contribution in [1.82, 2.24) is 20.4 Å². The average molecular weight is 397 g/mol. The normalized spacial score (nSPS) is 10.5. The standard InChI is InChI=1S/C21H21ClN4O2/c22-19-7-5-18(6-8-19)21(28)23-11-9-20(27)24-14-16-3-1-4-17(13-16)15-26-12-2-10-25-26/h1-8,10,12-13H,9,11,14-15H2,(H,23,28)(H,24,27). The Morgan fingerprint density at radius 3 is 2.54 bits per heavy atom. The first-order chi connectivity index (χ1) is 13.6. The van der Waals surface area contributed by atoms with Crippen LogP contribution >= 0.6 is 11.6 Å². The van der Waals surface area contributed by atoms with E-state index in [2.05, 4.69) is 15.7 Å². The van der Waals surface area contributed by atoms with Crippen LogP contribution in [0.25, 0.3) is 0 Å². The number of amides is 2. The molecule has 28 heavy (non-hydrogen) atoms. The number of rotatable bonds is 8. The van der Waals surface area contributed by atoms with Crippen molar-refractivity contribution < 1.29 is 9.59 Å². The summed E-state index contributed by atoms with van der Waals surface area (Å²) >= 11 is 5.80. The van der Waals surface area contributed by atoms with Gasteiger partial charge >= 0.3 is 0 Å². The minimum atomic E-state index is -0.226. The third kappa shape index (κ3) is 5.96. The van der Waals surface area contributed by atoms with Crippen molar-refractivity contribution in [3.05, 3.63) is 88.7 Å². The second kappa shape index (κ2) is 9.71. The van der Waals surface area contributed by atoms with Crippen LogP contribution in [0.2, 0.25) is 5.02 Å². The van der Waals surface area contributed by atoms with Gasteiger partial charge in [0.15, 0.2) is 0 Å². The Kier molecular flexibility index (Phi) is 6.81. The zero-order valence-electron chi connectivity index (χ0n) is 15.3. The topological polar surface area (TPSA) is 76.0 Å². The monoisotopic (exact) mass is 396 g/mol. The fraction of sp³-hybridized carbons (Fsp3) is 0.190. The van der Waals surface area contributed by atoms with Gasteiger partial charge in [0.2, 0.25) is 5.91 Å². The van der Waals surface area contributed by atoms with E-state index < -0.39 is 0 Å². The van der Waals surface area contributed by atoms with Gasteiger partial charge in [0.25, 0.3) is 5.91 Å². The van der Waals surface area contributed by atoms with Crippen LogP contribution in [0, 0.1) is 0 Å². The Balaban J connectivity index is 1.40. The molecule has 2 amide bonds. The van der Waals surface area contributed by atoms with Gasteiger partial charge in [0.1, 0.15) is 0 Å². The van der Waals surface area contributed by atoms with Crippen molar-refractivity contribution in [1.29, 1.82) is 0 Å². The maximum absolute atomic E-state index is 12.0. The van der Waals surface area contributed by atoms with Gasteiger partial charge in [-0.15, -0.1) is 0 Å². The Hall–Kier alpha value is -3.12. The van der Waals surface area contributed by atoms with Crippen LogP contribution in [-0.2, 0) is 17.9 Å². The van der Waals surface area contributed by atoms with Crippen molar-refractivity contribution in [3.63, 3.8) is 0 Å². The molecule has 0 atom stereocenters. The van der Waals surface area contributed by atoms with Crippen LogP contribution in [0.5, 0.6) is 0 Å². The van der Waals surface area contributed by atoms with Crippen LogP contribution in [0.4, 0.5) is 0 Å². The predicted molar refractivity (Wildman–Crippen MR) is 108 cm³/mol. The van der Waals surface area contributed by atoms with Gasteiger partial charge in [-0.25, -0.2) is 0 Å². The summed E-state index contributed by atoms with van der Waals surface area (Å²) in [5.41, 5.74) is 2.65. The van der Waals surface area contributed by atoms with Gasteiger partial charge in [0.05, 0.1) is 6.54 Å². The Morgan fingerprint density at radius 2 is 1.79 bits per heavy atom. The van der Waals surface area contributed by atoms with E-state index in [1.54, 1.807) is 30.5 Å². The lowest BCUT2D eigenvalue weighted by Gasteiger charge is -2.09. The zero-order chi connectivity index (χ0) is 19.8. The quantitative estimate of drug-likeness (QED) is 0.614. The van der Waals surface area contributed by atoms with E-state index in [-0.39, 0.29) is 24.8 Å². The van der Waals surface area contributed by atoms with Gasteiger partial charge in [-0.3, -0.25) is 14.3 Å². The number of hydrogen-bond acceptors (Lipinski definition) is 3. The number of aromatic nitrogens is 2. The highest BCUT2D eigenvalue weighted by Crippen LogP contribution is 2.09. The predicted octanol–water partition coefficient (Wildman–Crippen LogP) is 3.02. The Bertz CT molecular complexity index is 924. The Morgan fingerprint density at radius 1 is 1.00 bits per heavy atom. The fourth-order valence-corrected chi connectivity index (χ4v) is 2.83. The van der Waals surface area contributed by atoms with E-state index in [0.717, 1.165) is 11.1 Å². The first kappa shape index (κ1) is 19.6. The molecular formula is C21H21ClN4O2. The average Bonchev–Trinajstić information content (AvgIpc) is 3.20. The summed E-state index contributed by atoms with van der Waals surface area (Å²) in [6.07, 6.45) is 3.87. The van der Waals surface area contributed by atoms with Gasteiger partial charge < -0.3 is 10.6 Å². The third-order valence-electron chi connectivity index (χ3n) is 4.13. The van der Waals surface area contributed by atoms with Gasteiger partial charge in [0, 0.05) is 42.5 Å². The molecule has 0 unspecified atom stereocenters. The lowest BCUT2D eigenvalue weighted by Crippen LogP contribution is -2.30. The molecular weight excluding hydrogens is 376 g/mol. The van der Waals surface area contributed by atoms with Crippen LogP contribution in [0.3, 0.4) is 0 Å². The lowest BCUT2D eigenvalue weighted by molar-refractivity contribution is -0.121. The summed E-state index contributed by atoms with van der Waals surface area (Å²) in [6.45, 7) is 1.40. The van der Waals surface area contributed by atoms with E-state index in [4.69, 9.17) is 11.6 Å². The molecule has 0 aliphatic rings. The molecule has 0 radical (unpaired) electrons. The summed E-state index contributed by atoms with van der Waals surface area (Å²) in [5.74, 6) is -0.343. The molecule has 144 valence electrons. The molecule has 0 saturated heterocycles. The summed E-state index contributed by atoms with van der Waals surface area (Å²) in [5, 5.41) is 10.4. The molecule has 0 aliphatic heterocycles. The molecule has 0 bridgehead atoms. The van der Waals surface area contributed by atoms with Crippen LogP contribution in [0.1, 0.15) is 27.9 Å². The molecule has 0 spiro atoms. The molecule has 2 aromatic carbocycles. The van der Waals surface area contributed by atoms with Crippen molar-refractivity contribution in [3.8, 4) is 0 Å². The number of halogens is 1. The highest BCUT2D eigenvalue weighted by molar-refractivity contribution is 6.30. The molecule has 6 nitrogen and oxygen atoms in total. The van der Waals surface area contributed by atoms with E-state index in [1.807, 2.05) is 41.2 Å². The molecule has 2 N–H and O–H groups in total. The minimum Gasteiger partial charge on any atom is -0.352 e. The maximum Gasteiger partial charge on any atom is 0.251 e. The van der Waals surface area contributed by atoms with Gasteiger partial charge in [-0.05, 0) is 41.5 Å². The molecule has 0 fully saturated rings. The molecule has 0 saturated carbocycles. The fourth-order valence-electron chi connectivity index (χ4n) is 2.70. The first-order valence-electron chi connectivity index (χ1n) is 8.96. The summed E-state index contributed by atoms with van der Waals surface area (Å²) in [4.78, 5) is 24.0. The van der Waals surface area contributed by atoms with E-state index in [9.17, 15) is 9.59 Å². The second-order valence-electron chi connectivity index (χ2n) is 6.31. The van der Waals surface area contributed by atoms with Crippen molar-refractivity contribution in [2.75, 3.05) is 6.54 Å². The van der Waals surface area contributed by atoms with Crippen LogP contribution in [0.15, 0.2) is 67.0 Å². The number of hydrogen-bond donors (Lipinski definition) is 2. The summed E-state index contributed by atoms with van der Waals surface area (Å²) < 4.78 is 1.85. The summed E-state index contributed by atoms with van der Waals surface area (Å²) in [6, 6.07) is 16.5. The van der Waals surface area contributed by atoms with E-state index in [0.29, 0.717) is 23.7 Å². The van der Waals surface area contributed by atoms with E-state index in [1.165, 1.54) is 0 Å². The number of benzene rings is 2. The molecule has 3 aromatic rings. The number of carbonyl (C=O) groups is 2. The van der Waals surface area contributed by atoms with Crippen molar-refractivity contribution >= 4 is 23.4 Å². The maximum atomic E-state index is 12.0. The highest BCUT2D eigenvalue weighted by atomic mass is 35.5. The largest absolute Gasteiger partial charge is 0.352 e. The summed E-state index contributed by atoms with van der Waals surface area (Å²) in [7, 11) is 0. The molecule has 7 heteroatoms. The molecule has 3 rings (SSSR count). The first-order valence-corrected chi connectivity index (χ1v) is 9.33. The number of nitrogens with one attached hydrogen (secondary N) is 2. The SMILES string of the molecule is O=C(CCNC(=O)c1ccc(Cl)cc1)NCc1cccc(Cn2cccn2)c1. The molecule has 0 aliphatic carbocycles. The van der Waals surface area contributed by atoms with Gasteiger partial charge in [-0.1, -0.05) is 35.9 Å². The molecule has 1 heterocycles. The van der Waals surface area contributed by atoms with Crippen molar-refractivity contribution in [2.45, 2.75) is 19.5 Å². The van der Waals surface area contributed by atoms with Gasteiger partial charge in [-0.2, -0.15) is 5.10 Å². The third-order valence-corrected chi connectivity index (χ3v) is 4.38. The van der Waals surface area contributed by atoms with E-state index >= 15 is 0 Å². The van der Waals surface area contributed by atoms with Crippen molar-refractivity contribution in [2.24, 2.45) is 0 Å². The Labute approximate surface area is 168 Å². The van der Waals surface area contributed by atoms with Crippen LogP contribution < -0.4 is 10.6 Å². The number of carbonyl (C=O) groups excluding carboxylic acids is 2. The second-order valence-corrected chi connectivity index (χ2v) is 6.75. The zero-order valence-corrected chi connectivity index (χ0v) is 16.0. The van der Waals surface area contributed by atoms with Crippen LogP contribution in [-0.4, -0.2) is 28.1 Å². The molecule has 1 aromatic heterocycles. The highest BCUT2D eigenvalue weighted by Gasteiger charge is 2.07. The number of nitrogens with zero attached hydrogens (tertiary/aromatic N) is 2. The minimum absolute atomic E-state index is 0.117. The smallest absolute Gasteiger partial charge is 0.251 e.